The minimum absolute atomic E-state index is 0.0781. The number of ether oxygens (including phenoxy) is 2. The molecule has 1 N–H and O–H groups in total. The molecule has 3 rings (SSSR count). The average Bonchev–Trinajstić information content (AvgIpc) is 3.34. The number of rotatable bonds is 8. The van der Waals surface area contributed by atoms with Crippen LogP contribution in [0.1, 0.15) is 35.4 Å². The topological polar surface area (TPSA) is 115 Å². The molecule has 9 nitrogen and oxygen atoms in total. The lowest BCUT2D eigenvalue weighted by molar-refractivity contribution is -0.151. The minimum atomic E-state index is -1.05. The van der Waals surface area contributed by atoms with Crippen molar-refractivity contribution in [2.45, 2.75) is 26.4 Å². The first kappa shape index (κ1) is 19.8. The molecule has 1 fully saturated rings. The number of hydrogen-bond donors (Lipinski definition) is 1. The number of likely N-dealkylation sites (tertiary alicyclic amines) is 1. The Bertz CT molecular complexity index is 834. The summed E-state index contributed by atoms with van der Waals surface area (Å²) in [5.74, 6) is 0.422. The normalized spacial score (nSPS) is 19.0. The zero-order chi connectivity index (χ0) is 20.1. The smallest absolute Gasteiger partial charge is 0.313 e. The molecule has 0 bridgehead atoms. The van der Waals surface area contributed by atoms with E-state index in [1.165, 1.54) is 7.11 Å². The number of carboxylic acids is 1. The summed E-state index contributed by atoms with van der Waals surface area (Å²) < 4.78 is 15.7. The molecule has 0 aliphatic carbocycles. The summed E-state index contributed by atoms with van der Waals surface area (Å²) in [4.78, 5) is 30.0. The van der Waals surface area contributed by atoms with Crippen LogP contribution in [0.2, 0.25) is 0 Å². The van der Waals surface area contributed by atoms with Crippen molar-refractivity contribution in [3.8, 4) is 5.75 Å². The summed E-state index contributed by atoms with van der Waals surface area (Å²) >= 11 is 0. The van der Waals surface area contributed by atoms with Crippen molar-refractivity contribution in [3.05, 3.63) is 41.5 Å². The van der Waals surface area contributed by atoms with E-state index in [9.17, 15) is 14.7 Å². The number of nitrogens with zero attached hydrogens (tertiary/aromatic N) is 3. The molecule has 0 spiro atoms. The van der Waals surface area contributed by atoms with Crippen LogP contribution in [0.25, 0.3) is 0 Å². The molecule has 1 unspecified atom stereocenters. The van der Waals surface area contributed by atoms with Crippen molar-refractivity contribution >= 4 is 11.9 Å². The molecule has 0 saturated carbocycles. The quantitative estimate of drug-likeness (QED) is 0.726. The third-order valence-corrected chi connectivity index (χ3v) is 4.80. The van der Waals surface area contributed by atoms with E-state index in [1.807, 2.05) is 6.92 Å². The highest BCUT2D eigenvalue weighted by Crippen LogP contribution is 2.32. The molecule has 1 aliphatic heterocycles. The summed E-state index contributed by atoms with van der Waals surface area (Å²) in [6.07, 6.45) is 1.03. The Labute approximate surface area is 162 Å². The lowest BCUT2D eigenvalue weighted by Gasteiger charge is -2.23. The predicted molar refractivity (Wildman–Crippen MR) is 96.9 cm³/mol. The fraction of sp³-hybridized carbons (Fsp3) is 0.474. The van der Waals surface area contributed by atoms with Gasteiger partial charge in [0.25, 0.3) is 5.91 Å². The lowest BCUT2D eigenvalue weighted by atomic mass is 9.88. The maximum atomic E-state index is 12.7. The zero-order valence-electron chi connectivity index (χ0n) is 15.9. The SMILES string of the molecule is CCc1nc(COc2ccc(C(=O)N3CCC(COC)(C(=O)O)C3)cc2)no1. The molecule has 2 heterocycles. The number of aromatic nitrogens is 2. The summed E-state index contributed by atoms with van der Waals surface area (Å²) in [5.41, 5.74) is -0.575. The Morgan fingerprint density at radius 3 is 2.68 bits per heavy atom. The Morgan fingerprint density at radius 2 is 2.07 bits per heavy atom. The van der Waals surface area contributed by atoms with Crippen LogP contribution in [0.3, 0.4) is 0 Å². The van der Waals surface area contributed by atoms with Crippen molar-refractivity contribution in [2.75, 3.05) is 26.8 Å². The molecule has 150 valence electrons. The van der Waals surface area contributed by atoms with Crippen LogP contribution < -0.4 is 4.74 Å². The van der Waals surface area contributed by atoms with E-state index in [4.69, 9.17) is 14.0 Å². The van der Waals surface area contributed by atoms with Crippen LogP contribution in [0.5, 0.6) is 5.75 Å². The molecule has 1 aromatic carbocycles. The van der Waals surface area contributed by atoms with Crippen LogP contribution in [-0.2, 0) is 22.6 Å². The number of amides is 1. The zero-order valence-corrected chi connectivity index (χ0v) is 15.9. The highest BCUT2D eigenvalue weighted by molar-refractivity contribution is 5.95. The summed E-state index contributed by atoms with van der Waals surface area (Å²) in [6, 6.07) is 6.68. The van der Waals surface area contributed by atoms with Gasteiger partial charge in [-0.3, -0.25) is 9.59 Å². The number of carbonyl (C=O) groups excluding carboxylic acids is 1. The number of benzene rings is 1. The first-order chi connectivity index (χ1) is 13.5. The maximum absolute atomic E-state index is 12.7. The summed E-state index contributed by atoms with van der Waals surface area (Å²) in [6.45, 7) is 2.68. The van der Waals surface area contributed by atoms with E-state index >= 15 is 0 Å². The molecular weight excluding hydrogens is 366 g/mol. The van der Waals surface area contributed by atoms with Gasteiger partial charge in [0.15, 0.2) is 6.61 Å². The maximum Gasteiger partial charge on any atom is 0.313 e. The first-order valence-electron chi connectivity index (χ1n) is 9.03. The molecule has 9 heteroatoms. The van der Waals surface area contributed by atoms with Gasteiger partial charge in [-0.1, -0.05) is 12.1 Å². The van der Waals surface area contributed by atoms with E-state index in [1.54, 1.807) is 29.2 Å². The van der Waals surface area contributed by atoms with Crippen molar-refractivity contribution in [3.63, 3.8) is 0 Å². The van der Waals surface area contributed by atoms with E-state index in [-0.39, 0.29) is 25.7 Å². The van der Waals surface area contributed by atoms with Crippen molar-refractivity contribution in [1.82, 2.24) is 15.0 Å². The fourth-order valence-corrected chi connectivity index (χ4v) is 3.19. The van der Waals surface area contributed by atoms with Gasteiger partial charge in [-0.25, -0.2) is 0 Å². The molecule has 1 atom stereocenters. The Hall–Kier alpha value is -2.94. The third kappa shape index (κ3) is 4.14. The highest BCUT2D eigenvalue weighted by atomic mass is 16.5. The molecule has 1 saturated heterocycles. The highest BCUT2D eigenvalue weighted by Gasteiger charge is 2.46. The molecule has 2 aromatic rings. The first-order valence-corrected chi connectivity index (χ1v) is 9.03. The second-order valence-corrected chi connectivity index (χ2v) is 6.77. The van der Waals surface area contributed by atoms with Gasteiger partial charge in [-0.05, 0) is 30.7 Å². The predicted octanol–water partition coefficient (Wildman–Crippen LogP) is 1.77. The number of hydrogen-bond acceptors (Lipinski definition) is 7. The Morgan fingerprint density at radius 1 is 1.32 bits per heavy atom. The molecule has 1 amide bonds. The Kier molecular flexibility index (Phi) is 5.93. The van der Waals surface area contributed by atoms with Gasteiger partial charge in [0.05, 0.1) is 6.61 Å². The number of methoxy groups -OCH3 is 1. The van der Waals surface area contributed by atoms with E-state index in [2.05, 4.69) is 10.1 Å². The minimum Gasteiger partial charge on any atom is -0.485 e. The standard InChI is InChI=1S/C19H23N3O6/c1-3-16-20-15(21-28-16)10-27-14-6-4-13(5-7-14)17(23)22-9-8-19(11-22,12-26-2)18(24)25/h4-7H,3,8-12H2,1-2H3,(H,24,25). The molecule has 1 aromatic heterocycles. The van der Waals surface area contributed by atoms with E-state index in [0.29, 0.717) is 42.4 Å². The van der Waals surface area contributed by atoms with E-state index in [0.717, 1.165) is 0 Å². The van der Waals surface area contributed by atoms with Gasteiger partial charge >= 0.3 is 5.97 Å². The van der Waals surface area contributed by atoms with Gasteiger partial charge in [-0.2, -0.15) is 4.98 Å². The molecule has 0 radical (unpaired) electrons. The fourth-order valence-electron chi connectivity index (χ4n) is 3.19. The summed E-state index contributed by atoms with van der Waals surface area (Å²) in [7, 11) is 1.46. The number of aliphatic carboxylic acids is 1. The van der Waals surface area contributed by atoms with Crippen LogP contribution in [0.15, 0.2) is 28.8 Å². The van der Waals surface area contributed by atoms with Crippen LogP contribution in [-0.4, -0.2) is 58.8 Å². The van der Waals surface area contributed by atoms with Crippen LogP contribution >= 0.6 is 0 Å². The van der Waals surface area contributed by atoms with Gasteiger partial charge < -0.3 is 24.0 Å². The van der Waals surface area contributed by atoms with Crippen molar-refractivity contribution < 1.29 is 28.7 Å². The lowest BCUT2D eigenvalue weighted by Crippen LogP contribution is -2.40. The molecule has 1 aliphatic rings. The average molecular weight is 389 g/mol. The molecule has 28 heavy (non-hydrogen) atoms. The van der Waals surface area contributed by atoms with E-state index < -0.39 is 11.4 Å². The molecular formula is C19H23N3O6. The van der Waals surface area contributed by atoms with Gasteiger partial charge in [0.2, 0.25) is 11.7 Å². The van der Waals surface area contributed by atoms with Gasteiger partial charge in [0.1, 0.15) is 11.2 Å². The summed E-state index contributed by atoms with van der Waals surface area (Å²) in [5, 5.41) is 13.3. The third-order valence-electron chi connectivity index (χ3n) is 4.80. The van der Waals surface area contributed by atoms with Crippen molar-refractivity contribution in [1.29, 1.82) is 0 Å². The van der Waals surface area contributed by atoms with Crippen LogP contribution in [0, 0.1) is 5.41 Å². The monoisotopic (exact) mass is 389 g/mol. The van der Waals surface area contributed by atoms with Gasteiger partial charge in [-0.15, -0.1) is 0 Å². The number of carboxylic acid groups (broad SMARTS) is 1. The number of aryl methyl sites for hydroxylation is 1. The van der Waals surface area contributed by atoms with Gasteiger partial charge in [0, 0.05) is 32.2 Å². The van der Waals surface area contributed by atoms with Crippen molar-refractivity contribution in [2.24, 2.45) is 5.41 Å². The second kappa shape index (κ2) is 8.39. The Balaban J connectivity index is 1.60. The van der Waals surface area contributed by atoms with Crippen LogP contribution in [0.4, 0.5) is 0 Å². The largest absolute Gasteiger partial charge is 0.485 e. The second-order valence-electron chi connectivity index (χ2n) is 6.77. The number of carbonyl (C=O) groups is 2.